The standard InChI is InChI=1S/C29H36FN5O2/c1-8-29(6)14-20(13-28(4,5)33-29)34(7)24-10-9-21(25-22(24)11-18(3)37-25)27(36)32-19-12-23(30)26-31-17(2)15-35(26)16-19/h9-12,15-16,20,33H,8,13-14H2,1-7H3,(H,32,36). The van der Waals surface area contributed by atoms with Gasteiger partial charge >= 0.3 is 0 Å². The number of aromatic nitrogens is 2. The van der Waals surface area contributed by atoms with Crippen LogP contribution in [0.4, 0.5) is 15.8 Å². The number of fused-ring (bicyclic) bond motifs is 2. The zero-order valence-electron chi connectivity index (χ0n) is 22.7. The molecule has 0 bridgehead atoms. The second-order valence-corrected chi connectivity index (χ2v) is 11.5. The Morgan fingerprint density at radius 1 is 1.24 bits per heavy atom. The molecule has 2 unspecified atom stereocenters. The van der Waals surface area contributed by atoms with E-state index in [0.29, 0.717) is 28.6 Å². The molecule has 1 saturated heterocycles. The maximum Gasteiger partial charge on any atom is 0.259 e. The Labute approximate surface area is 217 Å². The Balaban J connectivity index is 1.48. The zero-order valence-corrected chi connectivity index (χ0v) is 22.7. The minimum Gasteiger partial charge on any atom is -0.460 e. The minimum atomic E-state index is -0.495. The molecule has 0 radical (unpaired) electrons. The molecule has 1 amide bonds. The summed E-state index contributed by atoms with van der Waals surface area (Å²) >= 11 is 0. The lowest BCUT2D eigenvalue weighted by Crippen LogP contribution is -2.63. The van der Waals surface area contributed by atoms with Gasteiger partial charge in [0.15, 0.2) is 11.5 Å². The highest BCUT2D eigenvalue weighted by atomic mass is 19.1. The van der Waals surface area contributed by atoms with Crippen LogP contribution in [0, 0.1) is 19.7 Å². The number of benzene rings is 1. The average Bonchev–Trinajstić information content (AvgIpc) is 3.38. The van der Waals surface area contributed by atoms with Gasteiger partial charge in [-0.1, -0.05) is 6.92 Å². The van der Waals surface area contributed by atoms with Crippen molar-refractivity contribution in [1.29, 1.82) is 0 Å². The van der Waals surface area contributed by atoms with E-state index in [0.717, 1.165) is 36.1 Å². The lowest BCUT2D eigenvalue weighted by atomic mass is 9.77. The Morgan fingerprint density at radius 2 is 2.00 bits per heavy atom. The molecule has 1 aliphatic rings. The van der Waals surface area contributed by atoms with Gasteiger partial charge in [0.05, 0.1) is 16.9 Å². The van der Waals surface area contributed by atoms with Gasteiger partial charge < -0.3 is 24.4 Å². The molecule has 0 saturated carbocycles. The largest absolute Gasteiger partial charge is 0.460 e. The lowest BCUT2D eigenvalue weighted by Gasteiger charge is -2.50. The maximum atomic E-state index is 14.6. The molecule has 4 heterocycles. The van der Waals surface area contributed by atoms with Crippen LogP contribution in [0.3, 0.4) is 0 Å². The van der Waals surface area contributed by atoms with E-state index in [2.05, 4.69) is 55.3 Å². The molecule has 5 rings (SSSR count). The van der Waals surface area contributed by atoms with Crippen molar-refractivity contribution in [2.75, 3.05) is 17.3 Å². The third kappa shape index (κ3) is 4.70. The van der Waals surface area contributed by atoms with Crippen molar-refractivity contribution in [1.82, 2.24) is 14.7 Å². The average molecular weight is 506 g/mol. The summed E-state index contributed by atoms with van der Waals surface area (Å²) in [5, 5.41) is 7.56. The molecule has 37 heavy (non-hydrogen) atoms. The van der Waals surface area contributed by atoms with E-state index < -0.39 is 5.82 Å². The number of carbonyl (C=O) groups excluding carboxylic acids is 1. The molecule has 2 atom stereocenters. The van der Waals surface area contributed by atoms with Crippen LogP contribution in [0.1, 0.15) is 68.8 Å². The maximum absolute atomic E-state index is 14.6. The van der Waals surface area contributed by atoms with E-state index in [1.165, 1.54) is 6.07 Å². The zero-order chi connectivity index (χ0) is 26.7. The summed E-state index contributed by atoms with van der Waals surface area (Å²) in [7, 11) is 2.13. The first-order valence-electron chi connectivity index (χ1n) is 12.9. The van der Waals surface area contributed by atoms with E-state index >= 15 is 0 Å². The number of halogens is 1. The Kier molecular flexibility index (Phi) is 6.06. The Hall–Kier alpha value is -3.39. The van der Waals surface area contributed by atoms with Gasteiger partial charge in [0.2, 0.25) is 0 Å². The van der Waals surface area contributed by atoms with Gasteiger partial charge in [-0.15, -0.1) is 0 Å². The number of hydrogen-bond acceptors (Lipinski definition) is 5. The van der Waals surface area contributed by atoms with Crippen LogP contribution in [0.2, 0.25) is 0 Å². The monoisotopic (exact) mass is 505 g/mol. The normalized spacial score (nSPS) is 21.5. The van der Waals surface area contributed by atoms with Crippen LogP contribution in [0.25, 0.3) is 16.6 Å². The number of aryl methyl sites for hydroxylation is 2. The van der Waals surface area contributed by atoms with Crippen LogP contribution in [0.5, 0.6) is 0 Å². The van der Waals surface area contributed by atoms with Crippen molar-refractivity contribution in [3.8, 4) is 0 Å². The van der Waals surface area contributed by atoms with Gasteiger partial charge in [-0.2, -0.15) is 0 Å². The van der Waals surface area contributed by atoms with Crippen molar-refractivity contribution < 1.29 is 13.6 Å². The van der Waals surface area contributed by atoms with Gasteiger partial charge in [0, 0.05) is 53.7 Å². The molecule has 1 aliphatic heterocycles. The summed E-state index contributed by atoms with van der Waals surface area (Å²) in [6, 6.07) is 7.40. The number of amides is 1. The summed E-state index contributed by atoms with van der Waals surface area (Å²) in [6.45, 7) is 12.7. The second-order valence-electron chi connectivity index (χ2n) is 11.5. The number of carbonyl (C=O) groups is 1. The number of nitrogens with zero attached hydrogens (tertiary/aromatic N) is 3. The third-order valence-electron chi connectivity index (χ3n) is 7.69. The smallest absolute Gasteiger partial charge is 0.259 e. The first-order valence-corrected chi connectivity index (χ1v) is 12.9. The molecule has 1 aromatic carbocycles. The molecular weight excluding hydrogens is 469 g/mol. The summed E-state index contributed by atoms with van der Waals surface area (Å²) in [4.78, 5) is 19.8. The fourth-order valence-electron chi connectivity index (χ4n) is 5.97. The second kappa shape index (κ2) is 8.87. The van der Waals surface area contributed by atoms with Crippen molar-refractivity contribution >= 4 is 33.9 Å². The van der Waals surface area contributed by atoms with Gasteiger partial charge in [0.1, 0.15) is 11.3 Å². The molecule has 0 aliphatic carbocycles. The van der Waals surface area contributed by atoms with Gasteiger partial charge in [-0.3, -0.25) is 4.79 Å². The van der Waals surface area contributed by atoms with Crippen molar-refractivity contribution in [3.63, 3.8) is 0 Å². The van der Waals surface area contributed by atoms with E-state index in [1.54, 1.807) is 29.8 Å². The van der Waals surface area contributed by atoms with Crippen molar-refractivity contribution in [2.45, 2.75) is 77.9 Å². The SMILES string of the molecule is CCC1(C)CC(N(C)c2ccc(C(=O)Nc3cc(F)c4nc(C)cn4c3)c3oc(C)cc23)CC(C)(C)N1. The molecule has 4 aromatic rings. The number of anilines is 2. The van der Waals surface area contributed by atoms with Gasteiger partial charge in [-0.05, 0) is 72.1 Å². The number of hydrogen-bond donors (Lipinski definition) is 2. The number of pyridine rings is 1. The molecule has 1 fully saturated rings. The molecular formula is C29H36FN5O2. The summed E-state index contributed by atoms with van der Waals surface area (Å²) in [5.41, 5.74) is 3.32. The van der Waals surface area contributed by atoms with Crippen LogP contribution in [-0.4, -0.2) is 39.5 Å². The molecule has 3 aromatic heterocycles. The summed E-state index contributed by atoms with van der Waals surface area (Å²) in [6.07, 6.45) is 6.45. The number of piperidine rings is 1. The molecule has 2 N–H and O–H groups in total. The fraction of sp³-hybridized carbons (Fsp3) is 0.448. The van der Waals surface area contributed by atoms with Gasteiger partial charge in [-0.25, -0.2) is 9.37 Å². The van der Waals surface area contributed by atoms with Crippen molar-refractivity contribution in [2.24, 2.45) is 0 Å². The van der Waals surface area contributed by atoms with E-state index in [4.69, 9.17) is 4.42 Å². The van der Waals surface area contributed by atoms with Gasteiger partial charge in [0.25, 0.3) is 5.91 Å². The molecule has 7 nitrogen and oxygen atoms in total. The molecule has 196 valence electrons. The van der Waals surface area contributed by atoms with E-state index in [9.17, 15) is 9.18 Å². The van der Waals surface area contributed by atoms with Crippen LogP contribution < -0.4 is 15.5 Å². The summed E-state index contributed by atoms with van der Waals surface area (Å²) in [5.74, 6) is -0.119. The lowest BCUT2D eigenvalue weighted by molar-refractivity contribution is 0.102. The first-order chi connectivity index (χ1) is 17.4. The highest BCUT2D eigenvalue weighted by Crippen LogP contribution is 2.38. The molecule has 0 spiro atoms. The topological polar surface area (TPSA) is 74.8 Å². The summed E-state index contributed by atoms with van der Waals surface area (Å²) < 4.78 is 22.2. The van der Waals surface area contributed by atoms with Crippen LogP contribution >= 0.6 is 0 Å². The highest BCUT2D eigenvalue weighted by molar-refractivity contribution is 6.13. The predicted octanol–water partition coefficient (Wildman–Crippen LogP) is 6.22. The number of imidazole rings is 1. The molecule has 8 heteroatoms. The number of furan rings is 1. The van der Waals surface area contributed by atoms with E-state index in [-0.39, 0.29) is 22.6 Å². The third-order valence-corrected chi connectivity index (χ3v) is 7.69. The van der Waals surface area contributed by atoms with E-state index in [1.807, 2.05) is 19.1 Å². The van der Waals surface area contributed by atoms with Crippen LogP contribution in [-0.2, 0) is 0 Å². The fourth-order valence-corrected chi connectivity index (χ4v) is 5.97. The van der Waals surface area contributed by atoms with Crippen LogP contribution in [0.15, 0.2) is 41.1 Å². The predicted molar refractivity (Wildman–Crippen MR) is 146 cm³/mol. The Bertz CT molecular complexity index is 1500. The number of nitrogens with one attached hydrogen (secondary N) is 2. The Morgan fingerprint density at radius 3 is 2.73 bits per heavy atom. The highest BCUT2D eigenvalue weighted by Gasteiger charge is 2.41. The first kappa shape index (κ1) is 25.3. The van der Waals surface area contributed by atoms with Crippen molar-refractivity contribution in [3.05, 3.63) is 59.5 Å². The minimum absolute atomic E-state index is 0.0113. The number of rotatable bonds is 5. The quantitative estimate of drug-likeness (QED) is 0.337.